The van der Waals surface area contributed by atoms with Gasteiger partial charge in [0.05, 0.1) is 16.6 Å². The van der Waals surface area contributed by atoms with E-state index >= 15 is 0 Å². The predicted octanol–water partition coefficient (Wildman–Crippen LogP) is -2.98. The molecule has 0 spiro atoms. The third-order valence-corrected chi connectivity index (χ3v) is 3.89. The van der Waals surface area contributed by atoms with Crippen LogP contribution in [0.1, 0.15) is 30.3 Å². The van der Waals surface area contributed by atoms with E-state index in [9.17, 15) is 18.3 Å². The molecule has 0 saturated carbocycles. The van der Waals surface area contributed by atoms with Crippen LogP contribution in [-0.2, 0) is 9.84 Å². The first kappa shape index (κ1) is 17.2. The molecule has 0 bridgehead atoms. The van der Waals surface area contributed by atoms with Crippen molar-refractivity contribution in [1.82, 2.24) is 4.98 Å². The van der Waals surface area contributed by atoms with E-state index in [1.807, 2.05) is 6.92 Å². The quantitative estimate of drug-likeness (QED) is 0.538. The van der Waals surface area contributed by atoms with E-state index in [2.05, 4.69) is 4.98 Å². The van der Waals surface area contributed by atoms with Crippen molar-refractivity contribution in [3.05, 3.63) is 24.0 Å². The van der Waals surface area contributed by atoms with Crippen molar-refractivity contribution >= 4 is 15.8 Å². The molecule has 17 heavy (non-hydrogen) atoms. The van der Waals surface area contributed by atoms with Crippen molar-refractivity contribution in [2.75, 3.05) is 5.75 Å². The third-order valence-electron chi connectivity index (χ3n) is 2.07. The van der Waals surface area contributed by atoms with Gasteiger partial charge in [-0.3, -0.25) is 4.98 Å². The maximum absolute atomic E-state index is 11.8. The van der Waals surface area contributed by atoms with Gasteiger partial charge in [-0.2, -0.15) is 0 Å². The number of pyridine rings is 1. The van der Waals surface area contributed by atoms with Gasteiger partial charge in [0.25, 0.3) is 0 Å². The summed E-state index contributed by atoms with van der Waals surface area (Å²) in [6, 6.07) is 2.63. The number of unbranched alkanes of at least 4 members (excludes halogenated alkanes) is 1. The summed E-state index contributed by atoms with van der Waals surface area (Å²) in [5.41, 5.74) is -0.515. The van der Waals surface area contributed by atoms with Crippen LogP contribution in [0.3, 0.4) is 0 Å². The van der Waals surface area contributed by atoms with E-state index in [4.69, 9.17) is 0 Å². The molecule has 88 valence electrons. The van der Waals surface area contributed by atoms with Gasteiger partial charge in [-0.15, -0.1) is 0 Å². The zero-order chi connectivity index (χ0) is 12.2. The molecular formula is C10H12KNO4S. The predicted molar refractivity (Wildman–Crippen MR) is 55.5 cm³/mol. The fourth-order valence-corrected chi connectivity index (χ4v) is 2.84. The summed E-state index contributed by atoms with van der Waals surface area (Å²) in [5.74, 6) is -1.65. The number of aromatic carboxylic acids is 1. The molecule has 0 atom stereocenters. The maximum Gasteiger partial charge on any atom is 1.00 e. The van der Waals surface area contributed by atoms with Gasteiger partial charge < -0.3 is 9.90 Å². The normalized spacial score (nSPS) is 10.6. The summed E-state index contributed by atoms with van der Waals surface area (Å²) in [4.78, 5) is 14.0. The van der Waals surface area contributed by atoms with E-state index in [-0.39, 0.29) is 62.0 Å². The van der Waals surface area contributed by atoms with Crippen molar-refractivity contribution < 1.29 is 69.7 Å². The molecule has 0 fully saturated rings. The molecule has 0 N–H and O–H groups in total. The summed E-state index contributed by atoms with van der Waals surface area (Å²) < 4.78 is 23.6. The Bertz CT molecular complexity index is 487. The number of carboxylic acids is 1. The Morgan fingerprint density at radius 3 is 2.65 bits per heavy atom. The van der Waals surface area contributed by atoms with E-state index in [1.165, 1.54) is 18.3 Å². The smallest absolute Gasteiger partial charge is 0.543 e. The van der Waals surface area contributed by atoms with Crippen LogP contribution in [0, 0.1) is 0 Å². The van der Waals surface area contributed by atoms with Crippen molar-refractivity contribution in [3.8, 4) is 0 Å². The number of carbonyl (C=O) groups excluding carboxylic acids is 1. The van der Waals surface area contributed by atoms with E-state index < -0.39 is 21.5 Å². The molecule has 5 nitrogen and oxygen atoms in total. The van der Waals surface area contributed by atoms with Gasteiger partial charge in [-0.05, 0) is 18.6 Å². The van der Waals surface area contributed by atoms with Crippen LogP contribution in [0.25, 0.3) is 0 Å². The second-order valence-electron chi connectivity index (χ2n) is 3.31. The second-order valence-corrected chi connectivity index (χ2v) is 5.39. The number of carboxylic acid groups (broad SMARTS) is 1. The van der Waals surface area contributed by atoms with E-state index in [0.717, 1.165) is 6.42 Å². The Balaban J connectivity index is 0.00000256. The Kier molecular flexibility index (Phi) is 7.69. The Labute approximate surface area is 143 Å². The van der Waals surface area contributed by atoms with Crippen LogP contribution < -0.4 is 56.5 Å². The van der Waals surface area contributed by atoms with Crippen molar-refractivity contribution in [1.29, 1.82) is 0 Å². The molecule has 1 aromatic rings. The van der Waals surface area contributed by atoms with Crippen molar-refractivity contribution in [3.63, 3.8) is 0 Å². The fraction of sp³-hybridized carbons (Fsp3) is 0.400. The first-order chi connectivity index (χ1) is 7.49. The summed E-state index contributed by atoms with van der Waals surface area (Å²) in [6.45, 7) is 1.86. The molecule has 1 aromatic heterocycles. The van der Waals surface area contributed by atoms with Gasteiger partial charge in [0.1, 0.15) is 5.69 Å². The minimum atomic E-state index is -3.58. The van der Waals surface area contributed by atoms with Crippen LogP contribution in [0.4, 0.5) is 0 Å². The molecule has 1 rings (SSSR count). The molecule has 0 amide bonds. The van der Waals surface area contributed by atoms with Crippen LogP contribution in [-0.4, -0.2) is 25.1 Å². The molecule has 0 aliphatic heterocycles. The molecular weight excluding hydrogens is 269 g/mol. The van der Waals surface area contributed by atoms with E-state index in [0.29, 0.717) is 6.42 Å². The Hall–Kier alpha value is 0.206. The van der Waals surface area contributed by atoms with Crippen LogP contribution >= 0.6 is 0 Å². The molecule has 0 aliphatic carbocycles. The average Bonchev–Trinajstić information content (AvgIpc) is 2.26. The number of carbonyl (C=O) groups is 1. The average molecular weight is 281 g/mol. The van der Waals surface area contributed by atoms with Gasteiger partial charge in [0.15, 0.2) is 9.84 Å². The van der Waals surface area contributed by atoms with Gasteiger partial charge in [-0.25, -0.2) is 8.42 Å². The molecule has 0 aromatic carbocycles. The number of hydrogen-bond acceptors (Lipinski definition) is 5. The Morgan fingerprint density at radius 2 is 2.12 bits per heavy atom. The number of nitrogens with zero attached hydrogens (tertiary/aromatic N) is 1. The Morgan fingerprint density at radius 1 is 1.47 bits per heavy atom. The second kappa shape index (κ2) is 7.60. The standard InChI is InChI=1S/C10H13NO4S.K/c1-2-3-7-16(14,15)8-5-4-6-11-9(8)10(12)13;/h4-6H,2-3,7H2,1H3,(H,12,13);/q;+1/p-1. The number of hydrogen-bond donors (Lipinski definition) is 0. The summed E-state index contributed by atoms with van der Waals surface area (Å²) in [6.07, 6.45) is 2.44. The largest absolute Gasteiger partial charge is 1.00 e. The number of sulfone groups is 1. The first-order valence-electron chi connectivity index (χ1n) is 4.88. The molecule has 0 saturated heterocycles. The maximum atomic E-state index is 11.8. The molecule has 1 heterocycles. The van der Waals surface area contributed by atoms with Gasteiger partial charge >= 0.3 is 51.4 Å². The zero-order valence-electron chi connectivity index (χ0n) is 9.84. The van der Waals surface area contributed by atoms with Crippen molar-refractivity contribution in [2.45, 2.75) is 24.7 Å². The topological polar surface area (TPSA) is 87.2 Å². The first-order valence-corrected chi connectivity index (χ1v) is 6.53. The number of rotatable bonds is 5. The van der Waals surface area contributed by atoms with E-state index in [1.54, 1.807) is 0 Å². The van der Waals surface area contributed by atoms with Crippen LogP contribution in [0.5, 0.6) is 0 Å². The molecule has 0 unspecified atom stereocenters. The van der Waals surface area contributed by atoms with Crippen LogP contribution in [0.15, 0.2) is 23.2 Å². The summed E-state index contributed by atoms with van der Waals surface area (Å²) in [7, 11) is -3.58. The van der Waals surface area contributed by atoms with Gasteiger partial charge in [0, 0.05) is 6.20 Å². The monoisotopic (exact) mass is 281 g/mol. The molecule has 7 heteroatoms. The summed E-state index contributed by atoms with van der Waals surface area (Å²) >= 11 is 0. The fourth-order valence-electron chi connectivity index (χ4n) is 1.24. The molecule has 0 aliphatic rings. The molecule has 0 radical (unpaired) electrons. The van der Waals surface area contributed by atoms with Gasteiger partial charge in [-0.1, -0.05) is 13.3 Å². The summed E-state index contributed by atoms with van der Waals surface area (Å²) in [5, 5.41) is 10.7. The van der Waals surface area contributed by atoms with Crippen molar-refractivity contribution in [2.24, 2.45) is 0 Å². The minimum absolute atomic E-state index is 0. The minimum Gasteiger partial charge on any atom is -0.543 e. The van der Waals surface area contributed by atoms with Crippen LogP contribution in [0.2, 0.25) is 0 Å². The number of aromatic nitrogens is 1. The third kappa shape index (κ3) is 4.76. The zero-order valence-corrected chi connectivity index (χ0v) is 13.8. The SMILES string of the molecule is CCCCS(=O)(=O)c1cccnc1C(=O)[O-].[K+]. The van der Waals surface area contributed by atoms with Gasteiger partial charge in [0.2, 0.25) is 0 Å².